The lowest BCUT2D eigenvalue weighted by Gasteiger charge is -2.21. The summed E-state index contributed by atoms with van der Waals surface area (Å²) < 4.78 is 26.9. The van der Waals surface area contributed by atoms with Gasteiger partial charge in [0.05, 0.1) is 0 Å². The number of carbonyl (C=O) groups is 1. The molecule has 17 heavy (non-hydrogen) atoms. The third-order valence-electron chi connectivity index (χ3n) is 2.01. The highest BCUT2D eigenvalue weighted by Gasteiger charge is 2.17. The lowest BCUT2D eigenvalue weighted by atomic mass is 10.1. The second-order valence-electron chi connectivity index (χ2n) is 4.88. The maximum atomic E-state index is 13.6. The molecule has 0 saturated heterocycles. The van der Waals surface area contributed by atoms with E-state index in [9.17, 15) is 13.6 Å². The van der Waals surface area contributed by atoms with Crippen molar-refractivity contribution in [2.24, 2.45) is 0 Å². The Balaban J connectivity index is 2.89. The minimum Gasteiger partial charge on any atom is -0.333 e. The van der Waals surface area contributed by atoms with Crippen molar-refractivity contribution in [3.8, 4) is 0 Å². The maximum absolute atomic E-state index is 13.6. The van der Waals surface area contributed by atoms with E-state index in [1.54, 1.807) is 20.8 Å². The van der Waals surface area contributed by atoms with Gasteiger partial charge in [0, 0.05) is 5.54 Å². The largest absolute Gasteiger partial charge is 0.333 e. The Kier molecular flexibility index (Phi) is 3.70. The predicted octanol–water partition coefficient (Wildman–Crippen LogP) is 3.19. The van der Waals surface area contributed by atoms with Gasteiger partial charge in [-0.25, -0.2) is 13.6 Å². The molecule has 0 unspecified atom stereocenters. The molecule has 0 aliphatic rings. The van der Waals surface area contributed by atoms with Crippen LogP contribution in [-0.2, 0) is 0 Å². The van der Waals surface area contributed by atoms with Gasteiger partial charge in [0.15, 0.2) is 5.82 Å². The second kappa shape index (κ2) is 4.69. The van der Waals surface area contributed by atoms with E-state index >= 15 is 0 Å². The number of hydrogen-bond acceptors (Lipinski definition) is 1. The van der Waals surface area contributed by atoms with Gasteiger partial charge >= 0.3 is 6.03 Å². The van der Waals surface area contributed by atoms with Gasteiger partial charge < -0.3 is 10.6 Å². The molecule has 0 radical (unpaired) electrons. The lowest BCUT2D eigenvalue weighted by molar-refractivity contribution is 0.243. The van der Waals surface area contributed by atoms with Gasteiger partial charge in [-0.3, -0.25) is 0 Å². The van der Waals surface area contributed by atoms with Crippen molar-refractivity contribution in [3.63, 3.8) is 0 Å². The van der Waals surface area contributed by atoms with Crippen molar-refractivity contribution in [2.45, 2.75) is 33.2 Å². The molecule has 1 aromatic rings. The highest BCUT2D eigenvalue weighted by atomic mass is 19.1. The van der Waals surface area contributed by atoms with Crippen LogP contribution in [0.3, 0.4) is 0 Å². The van der Waals surface area contributed by atoms with Crippen LogP contribution in [0.2, 0.25) is 0 Å². The number of urea groups is 1. The SMILES string of the molecule is Cc1ccc(F)c(NC(=O)NC(C)(C)C)c1F. The number of rotatable bonds is 1. The third-order valence-corrected chi connectivity index (χ3v) is 2.01. The van der Waals surface area contributed by atoms with Gasteiger partial charge in [0.1, 0.15) is 11.5 Å². The van der Waals surface area contributed by atoms with E-state index in [0.29, 0.717) is 0 Å². The van der Waals surface area contributed by atoms with Crippen LogP contribution in [-0.4, -0.2) is 11.6 Å². The van der Waals surface area contributed by atoms with Gasteiger partial charge in [0.2, 0.25) is 0 Å². The normalized spacial score (nSPS) is 11.2. The van der Waals surface area contributed by atoms with Crippen molar-refractivity contribution < 1.29 is 13.6 Å². The predicted molar refractivity (Wildman–Crippen MR) is 63.0 cm³/mol. The van der Waals surface area contributed by atoms with Crippen molar-refractivity contribution in [3.05, 3.63) is 29.3 Å². The third kappa shape index (κ3) is 3.69. The Bertz CT molecular complexity index is 439. The number of hydrogen-bond donors (Lipinski definition) is 2. The smallest absolute Gasteiger partial charge is 0.319 e. The number of amides is 2. The van der Waals surface area contributed by atoms with Crippen LogP contribution in [0.5, 0.6) is 0 Å². The van der Waals surface area contributed by atoms with Gasteiger partial charge in [0.25, 0.3) is 0 Å². The molecule has 3 nitrogen and oxygen atoms in total. The van der Waals surface area contributed by atoms with Crippen LogP contribution < -0.4 is 10.6 Å². The quantitative estimate of drug-likeness (QED) is 0.780. The van der Waals surface area contributed by atoms with Crippen LogP contribution in [0.1, 0.15) is 26.3 Å². The molecule has 0 atom stereocenters. The molecule has 0 aliphatic carbocycles. The molecule has 2 amide bonds. The number of carbonyl (C=O) groups excluding carboxylic acids is 1. The van der Waals surface area contributed by atoms with E-state index in [-0.39, 0.29) is 5.56 Å². The van der Waals surface area contributed by atoms with Crippen molar-refractivity contribution in [2.75, 3.05) is 5.32 Å². The lowest BCUT2D eigenvalue weighted by Crippen LogP contribution is -2.43. The summed E-state index contributed by atoms with van der Waals surface area (Å²) in [6, 6.07) is 1.80. The van der Waals surface area contributed by atoms with Crippen LogP contribution in [0.25, 0.3) is 0 Å². The van der Waals surface area contributed by atoms with E-state index in [2.05, 4.69) is 10.6 Å². The summed E-state index contributed by atoms with van der Waals surface area (Å²) in [7, 11) is 0. The molecule has 0 aliphatic heterocycles. The zero-order valence-corrected chi connectivity index (χ0v) is 10.3. The fourth-order valence-corrected chi connectivity index (χ4v) is 1.26. The van der Waals surface area contributed by atoms with Gasteiger partial charge in [-0.05, 0) is 39.3 Å². The summed E-state index contributed by atoms with van der Waals surface area (Å²) in [4.78, 5) is 11.5. The minimum atomic E-state index is -0.794. The minimum absolute atomic E-state index is 0.275. The second-order valence-corrected chi connectivity index (χ2v) is 4.88. The van der Waals surface area contributed by atoms with Crippen LogP contribution >= 0.6 is 0 Å². The number of anilines is 1. The first-order chi connectivity index (χ1) is 7.70. The number of halogens is 2. The summed E-state index contributed by atoms with van der Waals surface area (Å²) >= 11 is 0. The summed E-state index contributed by atoms with van der Waals surface area (Å²) in [5.41, 5.74) is -0.620. The van der Waals surface area contributed by atoms with E-state index in [4.69, 9.17) is 0 Å². The molecule has 2 N–H and O–H groups in total. The molecule has 0 fully saturated rings. The number of benzene rings is 1. The molecule has 0 heterocycles. The fourth-order valence-electron chi connectivity index (χ4n) is 1.26. The summed E-state index contributed by atoms with van der Waals surface area (Å²) in [5.74, 6) is -1.55. The van der Waals surface area contributed by atoms with Crippen molar-refractivity contribution in [1.29, 1.82) is 0 Å². The Morgan fingerprint density at radius 1 is 1.24 bits per heavy atom. The fraction of sp³-hybridized carbons (Fsp3) is 0.417. The molecule has 0 saturated carbocycles. The van der Waals surface area contributed by atoms with Crippen LogP contribution in [0.4, 0.5) is 19.3 Å². The zero-order chi connectivity index (χ0) is 13.2. The monoisotopic (exact) mass is 242 g/mol. The average molecular weight is 242 g/mol. The van der Waals surface area contributed by atoms with Crippen LogP contribution in [0.15, 0.2) is 12.1 Å². The molecule has 0 aromatic heterocycles. The van der Waals surface area contributed by atoms with Gasteiger partial charge in [-0.1, -0.05) is 6.07 Å². The topological polar surface area (TPSA) is 41.1 Å². The van der Waals surface area contributed by atoms with Gasteiger partial charge in [-0.2, -0.15) is 0 Å². The molecule has 1 rings (SSSR count). The Morgan fingerprint density at radius 2 is 1.82 bits per heavy atom. The first kappa shape index (κ1) is 13.4. The number of nitrogens with one attached hydrogen (secondary N) is 2. The molecule has 1 aromatic carbocycles. The molecule has 5 heteroatoms. The first-order valence-corrected chi connectivity index (χ1v) is 5.24. The van der Waals surface area contributed by atoms with Crippen molar-refractivity contribution in [1.82, 2.24) is 5.32 Å². The standard InChI is InChI=1S/C12H16F2N2O/c1-7-5-6-8(13)10(9(7)14)15-11(17)16-12(2,3)4/h5-6H,1-4H3,(H2,15,16,17). The maximum Gasteiger partial charge on any atom is 0.319 e. The van der Waals surface area contributed by atoms with E-state index in [1.165, 1.54) is 13.0 Å². The van der Waals surface area contributed by atoms with Crippen molar-refractivity contribution >= 4 is 11.7 Å². The first-order valence-electron chi connectivity index (χ1n) is 5.24. The molecule has 0 spiro atoms. The molecule has 0 bridgehead atoms. The summed E-state index contributed by atoms with van der Waals surface area (Å²) in [6.07, 6.45) is 0. The van der Waals surface area contributed by atoms with E-state index in [0.717, 1.165) is 6.07 Å². The molecular formula is C12H16F2N2O. The Hall–Kier alpha value is -1.65. The van der Waals surface area contributed by atoms with Crippen LogP contribution in [0, 0.1) is 18.6 Å². The zero-order valence-electron chi connectivity index (χ0n) is 10.3. The summed E-state index contributed by atoms with van der Waals surface area (Å²) in [6.45, 7) is 6.82. The van der Waals surface area contributed by atoms with E-state index < -0.39 is 28.9 Å². The Labute approximate surface area is 99.2 Å². The molecular weight excluding hydrogens is 226 g/mol. The highest BCUT2D eigenvalue weighted by Crippen LogP contribution is 2.21. The summed E-state index contributed by atoms with van der Waals surface area (Å²) in [5, 5.41) is 4.73. The van der Waals surface area contributed by atoms with Gasteiger partial charge in [-0.15, -0.1) is 0 Å². The molecule has 94 valence electrons. The van der Waals surface area contributed by atoms with E-state index in [1.807, 2.05) is 0 Å². The highest BCUT2D eigenvalue weighted by molar-refractivity contribution is 5.90. The Morgan fingerprint density at radius 3 is 2.35 bits per heavy atom. The average Bonchev–Trinajstić information content (AvgIpc) is 2.16. The number of aryl methyl sites for hydroxylation is 1.